The summed E-state index contributed by atoms with van der Waals surface area (Å²) in [5, 5.41) is 0. The number of piperazine rings is 1. The largest absolute Gasteiger partial charge is 0.495 e. The van der Waals surface area contributed by atoms with Crippen LogP contribution in [0.5, 0.6) is 28.7 Å². The van der Waals surface area contributed by atoms with Crippen molar-refractivity contribution in [3.8, 4) is 28.7 Å². The van der Waals surface area contributed by atoms with Crippen molar-refractivity contribution in [1.29, 1.82) is 0 Å². The van der Waals surface area contributed by atoms with Crippen LogP contribution in [-0.2, 0) is 21.5 Å². The standard InChI is InChI=1S/C31H38N2O7.CH4O3S/c1-35-27-13-8-6-11-25(27)33-17-15-32(16-18-33)14-9-19-39-31(34)24-10-5-7-12-26(24)40-22-23-20-28(36-2)30(38-4)29(21-23)37-3;1-5(2,3)4/h5-8,10-13,20-21H,9,14-19,22H2,1-4H3;1H3,(H,2,3,4). The first-order valence-corrected chi connectivity index (χ1v) is 16.1. The maximum absolute atomic E-state index is 12.9. The van der Waals surface area contributed by atoms with Crippen LogP contribution in [-0.4, -0.2) is 97.9 Å². The number of ether oxygens (including phenoxy) is 6. The molecule has 1 aliphatic heterocycles. The van der Waals surface area contributed by atoms with Gasteiger partial charge in [0.05, 0.1) is 47.0 Å². The minimum Gasteiger partial charge on any atom is -0.495 e. The zero-order valence-corrected chi connectivity index (χ0v) is 27.2. The van der Waals surface area contributed by atoms with Crippen molar-refractivity contribution in [3.63, 3.8) is 0 Å². The molecule has 1 saturated heterocycles. The summed E-state index contributed by atoms with van der Waals surface area (Å²) in [6.45, 7) is 5.17. The van der Waals surface area contributed by atoms with Gasteiger partial charge in [-0.05, 0) is 48.4 Å². The Bertz CT molecular complexity index is 1460. The van der Waals surface area contributed by atoms with Gasteiger partial charge < -0.3 is 33.3 Å². The number of nitrogens with zero attached hydrogens (tertiary/aromatic N) is 2. The van der Waals surface area contributed by atoms with Crippen molar-refractivity contribution in [1.82, 2.24) is 4.90 Å². The number of anilines is 1. The molecule has 0 spiro atoms. The predicted octanol–water partition coefficient (Wildman–Crippen LogP) is 4.17. The number of carbonyl (C=O) groups is 1. The summed E-state index contributed by atoms with van der Waals surface area (Å²) in [4.78, 5) is 17.6. The lowest BCUT2D eigenvalue weighted by Gasteiger charge is -2.36. The minimum atomic E-state index is -3.67. The van der Waals surface area contributed by atoms with Crippen LogP contribution in [0.4, 0.5) is 5.69 Å². The van der Waals surface area contributed by atoms with E-state index in [1.165, 1.54) is 0 Å². The Morgan fingerprint density at radius 1 is 0.800 bits per heavy atom. The quantitative estimate of drug-likeness (QED) is 0.162. The van der Waals surface area contributed by atoms with Crippen LogP contribution >= 0.6 is 0 Å². The zero-order valence-electron chi connectivity index (χ0n) is 26.4. The van der Waals surface area contributed by atoms with E-state index in [0.717, 1.165) is 56.1 Å². The van der Waals surface area contributed by atoms with Gasteiger partial charge in [-0.2, -0.15) is 8.42 Å². The SMILES string of the molecule is COc1ccccc1N1CCN(CCCOC(=O)c2ccccc2OCc2cc(OC)c(OC)c(OC)c2)CC1.CS(=O)(=O)O. The molecule has 1 N–H and O–H groups in total. The van der Waals surface area contributed by atoms with E-state index in [1.807, 2.05) is 36.4 Å². The highest BCUT2D eigenvalue weighted by molar-refractivity contribution is 7.85. The van der Waals surface area contributed by atoms with E-state index in [4.69, 9.17) is 33.0 Å². The maximum atomic E-state index is 12.9. The molecule has 0 amide bonds. The summed E-state index contributed by atoms with van der Waals surface area (Å²) in [6, 6.07) is 18.8. The second kappa shape index (κ2) is 17.3. The fraction of sp³-hybridized carbons (Fsp3) is 0.406. The van der Waals surface area contributed by atoms with E-state index in [0.29, 0.717) is 41.4 Å². The number of methoxy groups -OCH3 is 4. The average Bonchev–Trinajstić information content (AvgIpc) is 3.04. The molecule has 4 rings (SSSR count). The molecule has 0 saturated carbocycles. The van der Waals surface area contributed by atoms with Gasteiger partial charge in [0.25, 0.3) is 10.1 Å². The molecular weight excluding hydrogens is 604 g/mol. The lowest BCUT2D eigenvalue weighted by Crippen LogP contribution is -2.46. The number of hydrogen-bond donors (Lipinski definition) is 1. The Labute approximate surface area is 265 Å². The highest BCUT2D eigenvalue weighted by atomic mass is 32.2. The van der Waals surface area contributed by atoms with Gasteiger partial charge in [0.1, 0.15) is 23.7 Å². The van der Waals surface area contributed by atoms with Gasteiger partial charge >= 0.3 is 5.97 Å². The van der Waals surface area contributed by atoms with Crippen LogP contribution in [0.3, 0.4) is 0 Å². The molecule has 45 heavy (non-hydrogen) atoms. The van der Waals surface area contributed by atoms with E-state index in [-0.39, 0.29) is 6.61 Å². The molecule has 246 valence electrons. The molecule has 0 unspecified atom stereocenters. The molecule has 0 radical (unpaired) electrons. The second-order valence-corrected chi connectivity index (χ2v) is 11.5. The van der Waals surface area contributed by atoms with Crippen molar-refractivity contribution in [2.24, 2.45) is 0 Å². The zero-order chi connectivity index (χ0) is 32.8. The van der Waals surface area contributed by atoms with Crippen LogP contribution in [0.1, 0.15) is 22.3 Å². The van der Waals surface area contributed by atoms with Crippen molar-refractivity contribution in [2.75, 3.05) is 78.9 Å². The minimum absolute atomic E-state index is 0.210. The first kappa shape index (κ1) is 35.3. The van der Waals surface area contributed by atoms with Gasteiger partial charge in [-0.15, -0.1) is 0 Å². The third-order valence-corrected chi connectivity index (χ3v) is 6.88. The third-order valence-electron chi connectivity index (χ3n) is 6.88. The molecule has 0 aliphatic carbocycles. The number of para-hydroxylation sites is 3. The normalized spacial score (nSPS) is 13.2. The Morgan fingerprint density at radius 2 is 1.36 bits per heavy atom. The molecule has 1 fully saturated rings. The molecule has 12 nitrogen and oxygen atoms in total. The van der Waals surface area contributed by atoms with Crippen molar-refractivity contribution < 1.29 is 46.2 Å². The van der Waals surface area contributed by atoms with Gasteiger partial charge in [-0.1, -0.05) is 24.3 Å². The number of carbonyl (C=O) groups excluding carboxylic acids is 1. The lowest BCUT2D eigenvalue weighted by molar-refractivity contribution is 0.0482. The highest BCUT2D eigenvalue weighted by Crippen LogP contribution is 2.38. The highest BCUT2D eigenvalue weighted by Gasteiger charge is 2.20. The first-order chi connectivity index (χ1) is 21.6. The first-order valence-electron chi connectivity index (χ1n) is 14.3. The van der Waals surface area contributed by atoms with Gasteiger partial charge in [0.2, 0.25) is 5.75 Å². The number of esters is 1. The maximum Gasteiger partial charge on any atom is 0.341 e. The van der Waals surface area contributed by atoms with E-state index < -0.39 is 16.1 Å². The van der Waals surface area contributed by atoms with Crippen LogP contribution in [0.25, 0.3) is 0 Å². The monoisotopic (exact) mass is 646 g/mol. The Morgan fingerprint density at radius 3 is 1.93 bits per heavy atom. The van der Waals surface area contributed by atoms with Crippen LogP contribution < -0.4 is 28.6 Å². The Balaban J connectivity index is 0.00000102. The summed E-state index contributed by atoms with van der Waals surface area (Å²) >= 11 is 0. The molecule has 0 bridgehead atoms. The van der Waals surface area contributed by atoms with Gasteiger partial charge in [-0.25, -0.2) is 4.79 Å². The fourth-order valence-corrected chi connectivity index (χ4v) is 4.78. The van der Waals surface area contributed by atoms with Gasteiger partial charge in [0.15, 0.2) is 11.5 Å². The number of hydrogen-bond acceptors (Lipinski definition) is 11. The molecule has 3 aromatic carbocycles. The van der Waals surface area contributed by atoms with E-state index in [2.05, 4.69) is 15.9 Å². The molecule has 13 heteroatoms. The molecule has 0 atom stereocenters. The topological polar surface area (TPSA) is 133 Å². The summed E-state index contributed by atoms with van der Waals surface area (Å²) in [5.74, 6) is 2.53. The Kier molecular flexibility index (Phi) is 13.6. The van der Waals surface area contributed by atoms with Crippen molar-refractivity contribution >= 4 is 21.8 Å². The average molecular weight is 647 g/mol. The van der Waals surface area contributed by atoms with E-state index in [1.54, 1.807) is 46.6 Å². The summed E-state index contributed by atoms with van der Waals surface area (Å²) in [6.07, 6.45) is 1.47. The fourth-order valence-electron chi connectivity index (χ4n) is 4.78. The van der Waals surface area contributed by atoms with Gasteiger partial charge in [-0.3, -0.25) is 9.45 Å². The van der Waals surface area contributed by atoms with Crippen LogP contribution in [0.2, 0.25) is 0 Å². The van der Waals surface area contributed by atoms with E-state index >= 15 is 0 Å². The van der Waals surface area contributed by atoms with Crippen molar-refractivity contribution in [2.45, 2.75) is 13.0 Å². The van der Waals surface area contributed by atoms with Crippen LogP contribution in [0, 0.1) is 0 Å². The van der Waals surface area contributed by atoms with Crippen molar-refractivity contribution in [3.05, 3.63) is 71.8 Å². The molecule has 0 aromatic heterocycles. The second-order valence-electron chi connectivity index (χ2n) is 10.0. The molecule has 1 aliphatic rings. The Hall–Kier alpha value is -4.20. The summed E-state index contributed by atoms with van der Waals surface area (Å²) < 4.78 is 59.2. The number of rotatable bonds is 13. The molecule has 3 aromatic rings. The number of benzene rings is 3. The van der Waals surface area contributed by atoms with Gasteiger partial charge in [0, 0.05) is 32.7 Å². The van der Waals surface area contributed by atoms with Crippen LogP contribution in [0.15, 0.2) is 60.7 Å². The molecular formula is C32H42N2O10S. The summed E-state index contributed by atoms with van der Waals surface area (Å²) in [5.41, 5.74) is 2.33. The van der Waals surface area contributed by atoms with E-state index in [9.17, 15) is 13.2 Å². The smallest absolute Gasteiger partial charge is 0.341 e. The predicted molar refractivity (Wildman–Crippen MR) is 171 cm³/mol. The lowest BCUT2D eigenvalue weighted by atomic mass is 10.1. The third kappa shape index (κ3) is 11.0. The molecule has 1 heterocycles. The summed E-state index contributed by atoms with van der Waals surface area (Å²) in [7, 11) is 2.73.